The maximum atomic E-state index is 5.69. The molecule has 92 valence electrons. The first-order valence-electron chi connectivity index (χ1n) is 6.40. The molecule has 3 aromatic rings. The Morgan fingerprint density at radius 1 is 1.28 bits per heavy atom. The van der Waals surface area contributed by atoms with E-state index in [9.17, 15) is 0 Å². The molecule has 18 heavy (non-hydrogen) atoms. The third kappa shape index (κ3) is 1.59. The average Bonchev–Trinajstić information content (AvgIpc) is 2.78. The highest BCUT2D eigenvalue weighted by atomic mass is 15.0. The Kier molecular flexibility index (Phi) is 2.76. The molecule has 0 unspecified atom stereocenters. The number of aromatic nitrogens is 2. The molecule has 3 nitrogen and oxygen atoms in total. The van der Waals surface area contributed by atoms with E-state index in [0.29, 0.717) is 6.54 Å². The van der Waals surface area contributed by atoms with Crippen molar-refractivity contribution in [2.24, 2.45) is 5.73 Å². The lowest BCUT2D eigenvalue weighted by molar-refractivity contribution is 0.792. The summed E-state index contributed by atoms with van der Waals surface area (Å²) in [6.45, 7) is 3.80. The first-order chi connectivity index (χ1) is 8.85. The van der Waals surface area contributed by atoms with Crippen molar-refractivity contribution in [3.05, 3.63) is 42.2 Å². The van der Waals surface area contributed by atoms with Gasteiger partial charge in [-0.05, 0) is 31.5 Å². The van der Waals surface area contributed by atoms with Crippen molar-refractivity contribution in [1.29, 1.82) is 0 Å². The highest BCUT2D eigenvalue weighted by Gasteiger charge is 2.10. The summed E-state index contributed by atoms with van der Waals surface area (Å²) < 4.78 is 2.27. The number of nitrogens with two attached hydrogens (primary N) is 1. The van der Waals surface area contributed by atoms with Crippen LogP contribution in [0, 0.1) is 0 Å². The lowest BCUT2D eigenvalue weighted by Gasteiger charge is -2.04. The second kappa shape index (κ2) is 4.42. The Morgan fingerprint density at radius 2 is 2.17 bits per heavy atom. The number of hydrogen-bond donors (Lipinski definition) is 1. The van der Waals surface area contributed by atoms with E-state index in [2.05, 4.69) is 40.9 Å². The summed E-state index contributed by atoms with van der Waals surface area (Å²) in [4.78, 5) is 4.54. The van der Waals surface area contributed by atoms with E-state index in [1.54, 1.807) is 0 Å². The normalized spacial score (nSPS) is 11.4. The minimum atomic E-state index is 0.684. The van der Waals surface area contributed by atoms with Crippen molar-refractivity contribution in [2.45, 2.75) is 19.9 Å². The first-order valence-corrected chi connectivity index (χ1v) is 6.40. The maximum absolute atomic E-state index is 5.69. The van der Waals surface area contributed by atoms with Gasteiger partial charge in [-0.3, -0.25) is 4.98 Å². The van der Waals surface area contributed by atoms with Crippen molar-refractivity contribution >= 4 is 21.8 Å². The van der Waals surface area contributed by atoms with E-state index in [4.69, 9.17) is 5.73 Å². The standard InChI is InChI=1S/C15H17N3/c1-2-18-10-12(7-8-16)13-6-5-11-4-3-9-17-14(11)15(13)18/h3-6,9-10H,2,7-8,16H2,1H3. The van der Waals surface area contributed by atoms with Crippen LogP contribution in [0.3, 0.4) is 0 Å². The highest BCUT2D eigenvalue weighted by molar-refractivity contribution is 6.04. The van der Waals surface area contributed by atoms with Crippen molar-refractivity contribution in [2.75, 3.05) is 6.54 Å². The van der Waals surface area contributed by atoms with Crippen LogP contribution >= 0.6 is 0 Å². The summed E-state index contributed by atoms with van der Waals surface area (Å²) in [7, 11) is 0. The zero-order valence-corrected chi connectivity index (χ0v) is 10.6. The second-order valence-corrected chi connectivity index (χ2v) is 4.52. The van der Waals surface area contributed by atoms with Gasteiger partial charge >= 0.3 is 0 Å². The molecule has 0 radical (unpaired) electrons. The van der Waals surface area contributed by atoms with Gasteiger partial charge in [0.05, 0.1) is 11.0 Å². The van der Waals surface area contributed by atoms with Gasteiger partial charge in [-0.1, -0.05) is 18.2 Å². The predicted octanol–water partition coefficient (Wildman–Crippen LogP) is 2.71. The van der Waals surface area contributed by atoms with Gasteiger partial charge in [0.1, 0.15) is 0 Å². The molecule has 0 aliphatic heterocycles. The number of nitrogens with zero attached hydrogens (tertiary/aromatic N) is 2. The molecule has 0 amide bonds. The molecular weight excluding hydrogens is 222 g/mol. The Morgan fingerprint density at radius 3 is 2.94 bits per heavy atom. The third-order valence-corrected chi connectivity index (χ3v) is 3.45. The molecule has 0 fully saturated rings. The van der Waals surface area contributed by atoms with Gasteiger partial charge in [0.25, 0.3) is 0 Å². The van der Waals surface area contributed by atoms with Crippen LogP contribution in [0.1, 0.15) is 12.5 Å². The van der Waals surface area contributed by atoms with Crippen LogP contribution < -0.4 is 5.73 Å². The van der Waals surface area contributed by atoms with Gasteiger partial charge < -0.3 is 10.3 Å². The van der Waals surface area contributed by atoms with E-state index in [1.807, 2.05) is 12.3 Å². The van der Waals surface area contributed by atoms with Crippen LogP contribution in [-0.2, 0) is 13.0 Å². The summed E-state index contributed by atoms with van der Waals surface area (Å²) >= 11 is 0. The molecule has 0 saturated carbocycles. The van der Waals surface area contributed by atoms with Gasteiger partial charge in [-0.25, -0.2) is 0 Å². The molecular formula is C15H17N3. The second-order valence-electron chi connectivity index (χ2n) is 4.52. The van der Waals surface area contributed by atoms with Gasteiger partial charge in [0.15, 0.2) is 0 Å². The van der Waals surface area contributed by atoms with E-state index in [1.165, 1.54) is 21.9 Å². The fourth-order valence-corrected chi connectivity index (χ4v) is 2.61. The van der Waals surface area contributed by atoms with Crippen LogP contribution in [0.25, 0.3) is 21.8 Å². The van der Waals surface area contributed by atoms with E-state index < -0.39 is 0 Å². The Bertz CT molecular complexity index is 697. The van der Waals surface area contributed by atoms with Gasteiger partial charge in [-0.15, -0.1) is 0 Å². The minimum absolute atomic E-state index is 0.684. The van der Waals surface area contributed by atoms with Crippen LogP contribution in [-0.4, -0.2) is 16.1 Å². The number of benzene rings is 1. The van der Waals surface area contributed by atoms with E-state index in [0.717, 1.165) is 18.5 Å². The van der Waals surface area contributed by atoms with Crippen molar-refractivity contribution in [3.63, 3.8) is 0 Å². The SMILES string of the molecule is CCn1cc(CCN)c2ccc3cccnc3c21. The molecule has 2 heterocycles. The van der Waals surface area contributed by atoms with Crippen molar-refractivity contribution in [3.8, 4) is 0 Å². The van der Waals surface area contributed by atoms with Crippen LogP contribution in [0.2, 0.25) is 0 Å². The number of hydrogen-bond acceptors (Lipinski definition) is 2. The quantitative estimate of drug-likeness (QED) is 0.763. The number of pyridine rings is 1. The zero-order valence-electron chi connectivity index (χ0n) is 10.6. The summed E-state index contributed by atoms with van der Waals surface area (Å²) in [6, 6.07) is 8.42. The van der Waals surface area contributed by atoms with Crippen molar-refractivity contribution in [1.82, 2.24) is 9.55 Å². The predicted molar refractivity (Wildman–Crippen MR) is 75.7 cm³/mol. The molecule has 3 heteroatoms. The third-order valence-electron chi connectivity index (χ3n) is 3.45. The monoisotopic (exact) mass is 239 g/mol. The van der Waals surface area contributed by atoms with Gasteiger partial charge in [0, 0.05) is 29.7 Å². The largest absolute Gasteiger partial charge is 0.346 e. The Balaban J connectivity index is 2.41. The molecule has 0 bridgehead atoms. The lowest BCUT2D eigenvalue weighted by atomic mass is 10.1. The molecule has 0 atom stereocenters. The van der Waals surface area contributed by atoms with Crippen LogP contribution in [0.15, 0.2) is 36.7 Å². The molecule has 0 aliphatic rings. The lowest BCUT2D eigenvalue weighted by Crippen LogP contribution is -2.02. The maximum Gasteiger partial charge on any atom is 0.0944 e. The number of fused-ring (bicyclic) bond motifs is 3. The number of aryl methyl sites for hydroxylation is 1. The van der Waals surface area contributed by atoms with Crippen molar-refractivity contribution < 1.29 is 0 Å². The summed E-state index contributed by atoms with van der Waals surface area (Å²) in [5.41, 5.74) is 9.33. The smallest absolute Gasteiger partial charge is 0.0944 e. The molecule has 0 aliphatic carbocycles. The average molecular weight is 239 g/mol. The Hall–Kier alpha value is -1.87. The molecule has 1 aromatic carbocycles. The molecule has 0 saturated heterocycles. The van der Waals surface area contributed by atoms with Gasteiger partial charge in [0.2, 0.25) is 0 Å². The topological polar surface area (TPSA) is 43.8 Å². The summed E-state index contributed by atoms with van der Waals surface area (Å²) in [5.74, 6) is 0. The fourth-order valence-electron chi connectivity index (χ4n) is 2.61. The molecule has 2 N–H and O–H groups in total. The van der Waals surface area contributed by atoms with Crippen LogP contribution in [0.4, 0.5) is 0 Å². The highest BCUT2D eigenvalue weighted by Crippen LogP contribution is 2.28. The van der Waals surface area contributed by atoms with Crippen LogP contribution in [0.5, 0.6) is 0 Å². The Labute approximate surface area is 106 Å². The van der Waals surface area contributed by atoms with Gasteiger partial charge in [-0.2, -0.15) is 0 Å². The minimum Gasteiger partial charge on any atom is -0.346 e. The summed E-state index contributed by atoms with van der Waals surface area (Å²) in [6.07, 6.45) is 4.99. The van der Waals surface area contributed by atoms with E-state index >= 15 is 0 Å². The number of rotatable bonds is 3. The van der Waals surface area contributed by atoms with E-state index in [-0.39, 0.29) is 0 Å². The molecule has 2 aromatic heterocycles. The molecule has 0 spiro atoms. The summed E-state index contributed by atoms with van der Waals surface area (Å²) in [5, 5.41) is 2.48. The fraction of sp³-hybridized carbons (Fsp3) is 0.267. The molecule has 3 rings (SSSR count). The first kappa shape index (κ1) is 11.2. The zero-order chi connectivity index (χ0) is 12.5.